The van der Waals surface area contributed by atoms with Crippen LogP contribution in [0.3, 0.4) is 0 Å². The summed E-state index contributed by atoms with van der Waals surface area (Å²) in [6, 6.07) is 0. The van der Waals surface area contributed by atoms with E-state index in [1.165, 1.54) is 7.11 Å². The lowest BCUT2D eigenvalue weighted by Gasteiger charge is -2.25. The Morgan fingerprint density at radius 1 is 1.47 bits per heavy atom. The van der Waals surface area contributed by atoms with Gasteiger partial charge in [0.2, 0.25) is 0 Å². The van der Waals surface area contributed by atoms with Crippen molar-refractivity contribution in [3.8, 4) is 0 Å². The molecule has 6 heteroatoms. The van der Waals surface area contributed by atoms with Crippen LogP contribution in [0.15, 0.2) is 0 Å². The number of amides is 1. The molecule has 0 aromatic heterocycles. The Bertz CT molecular complexity index is 292. The summed E-state index contributed by atoms with van der Waals surface area (Å²) in [5, 5.41) is 2.55. The van der Waals surface area contributed by atoms with Crippen LogP contribution >= 0.6 is 0 Å². The number of nitrogens with one attached hydrogen (secondary N) is 1. The molecule has 17 heavy (non-hydrogen) atoms. The average molecular weight is 245 g/mol. The van der Waals surface area contributed by atoms with Gasteiger partial charge in [0, 0.05) is 7.11 Å². The van der Waals surface area contributed by atoms with Gasteiger partial charge in [0.1, 0.15) is 24.2 Å². The predicted molar refractivity (Wildman–Crippen MR) is 59.6 cm³/mol. The molecule has 1 aliphatic heterocycles. The second-order valence-corrected chi connectivity index (χ2v) is 4.80. The normalized spacial score (nSPS) is 27.8. The molecule has 1 N–H and O–H groups in total. The summed E-state index contributed by atoms with van der Waals surface area (Å²) < 4.78 is 15.1. The summed E-state index contributed by atoms with van der Waals surface area (Å²) >= 11 is 0. The van der Waals surface area contributed by atoms with E-state index in [1.807, 2.05) is 13.8 Å². The summed E-state index contributed by atoms with van der Waals surface area (Å²) in [5.41, 5.74) is -1.60. The van der Waals surface area contributed by atoms with E-state index in [1.54, 1.807) is 0 Å². The van der Waals surface area contributed by atoms with Crippen molar-refractivity contribution in [2.24, 2.45) is 0 Å². The highest BCUT2D eigenvalue weighted by Crippen LogP contribution is 2.26. The van der Waals surface area contributed by atoms with Crippen LogP contribution in [0.4, 0.5) is 4.79 Å². The smallest absolute Gasteiger partial charge is 0.408 e. The third-order valence-corrected chi connectivity index (χ3v) is 2.68. The van der Waals surface area contributed by atoms with E-state index in [-0.39, 0.29) is 13.4 Å². The summed E-state index contributed by atoms with van der Waals surface area (Å²) in [6.45, 7) is 3.78. The molecule has 0 bridgehead atoms. The topological polar surface area (TPSA) is 73.9 Å². The van der Waals surface area contributed by atoms with Crippen molar-refractivity contribution in [3.05, 3.63) is 0 Å². The largest absolute Gasteiger partial charge is 0.444 e. The van der Waals surface area contributed by atoms with Crippen LogP contribution in [-0.4, -0.2) is 44.0 Å². The van der Waals surface area contributed by atoms with Gasteiger partial charge >= 0.3 is 6.09 Å². The number of carbonyl (C=O) groups is 2. The van der Waals surface area contributed by atoms with Gasteiger partial charge in [-0.3, -0.25) is 0 Å². The van der Waals surface area contributed by atoms with Gasteiger partial charge in [0.05, 0.1) is 6.61 Å². The fourth-order valence-corrected chi connectivity index (χ4v) is 1.66. The van der Waals surface area contributed by atoms with Crippen molar-refractivity contribution >= 4 is 12.4 Å². The second-order valence-electron chi connectivity index (χ2n) is 4.80. The van der Waals surface area contributed by atoms with Crippen molar-refractivity contribution in [2.45, 2.75) is 37.8 Å². The van der Waals surface area contributed by atoms with E-state index in [0.29, 0.717) is 19.1 Å². The van der Waals surface area contributed by atoms with Crippen LogP contribution in [0.5, 0.6) is 0 Å². The van der Waals surface area contributed by atoms with Gasteiger partial charge in [-0.25, -0.2) is 4.79 Å². The summed E-state index contributed by atoms with van der Waals surface area (Å²) in [5.74, 6) is 0. The minimum atomic E-state index is -1.02. The molecule has 0 aromatic carbocycles. The molecule has 0 spiro atoms. The van der Waals surface area contributed by atoms with Gasteiger partial charge in [-0.1, -0.05) is 0 Å². The van der Waals surface area contributed by atoms with Gasteiger partial charge in [-0.2, -0.15) is 0 Å². The lowest BCUT2D eigenvalue weighted by molar-refractivity contribution is -0.118. The number of cyclic esters (lactones) is 1. The van der Waals surface area contributed by atoms with Crippen LogP contribution < -0.4 is 5.32 Å². The number of rotatable bonds is 5. The van der Waals surface area contributed by atoms with E-state index < -0.39 is 17.2 Å². The number of hydrogen-bond acceptors (Lipinski definition) is 5. The molecule has 1 fully saturated rings. The first-order valence-corrected chi connectivity index (χ1v) is 5.47. The Balaban J connectivity index is 2.70. The van der Waals surface area contributed by atoms with Crippen LogP contribution in [0.2, 0.25) is 0 Å². The molecule has 1 aliphatic rings. The van der Waals surface area contributed by atoms with E-state index >= 15 is 0 Å². The fourth-order valence-electron chi connectivity index (χ4n) is 1.66. The van der Waals surface area contributed by atoms with Crippen LogP contribution in [-0.2, 0) is 19.0 Å². The first-order valence-electron chi connectivity index (χ1n) is 5.47. The molecule has 1 atom stereocenters. The van der Waals surface area contributed by atoms with Gasteiger partial charge in [-0.15, -0.1) is 0 Å². The van der Waals surface area contributed by atoms with Gasteiger partial charge in [0.15, 0.2) is 0 Å². The molecule has 1 unspecified atom stereocenters. The molecule has 0 aliphatic carbocycles. The standard InChI is InChI=1S/C11H19NO5/c1-10(2)4-5-11(6-13,7-16-8-15-3)12-9(14)17-10/h6H,4-5,7-8H2,1-3H3,(H,12,14). The monoisotopic (exact) mass is 245 g/mol. The number of hydrogen-bond donors (Lipinski definition) is 1. The highest BCUT2D eigenvalue weighted by molar-refractivity contribution is 5.77. The molecule has 98 valence electrons. The van der Waals surface area contributed by atoms with E-state index in [2.05, 4.69) is 5.32 Å². The minimum absolute atomic E-state index is 0.0789. The zero-order valence-electron chi connectivity index (χ0n) is 10.4. The average Bonchev–Trinajstić information content (AvgIpc) is 2.36. The Hall–Kier alpha value is -1.14. The number of alkyl carbamates (subject to hydrolysis) is 1. The zero-order chi connectivity index (χ0) is 12.9. The van der Waals surface area contributed by atoms with Crippen molar-refractivity contribution in [3.63, 3.8) is 0 Å². The van der Waals surface area contributed by atoms with Crippen molar-refractivity contribution in [2.75, 3.05) is 20.5 Å². The van der Waals surface area contributed by atoms with Gasteiger partial charge < -0.3 is 24.3 Å². The van der Waals surface area contributed by atoms with E-state index in [4.69, 9.17) is 14.2 Å². The molecule has 6 nitrogen and oxygen atoms in total. The highest BCUT2D eigenvalue weighted by Gasteiger charge is 2.40. The Kier molecular flexibility index (Phi) is 4.47. The van der Waals surface area contributed by atoms with Gasteiger partial charge in [0.25, 0.3) is 0 Å². The second kappa shape index (κ2) is 5.46. The quantitative estimate of drug-likeness (QED) is 0.441. The van der Waals surface area contributed by atoms with Crippen molar-refractivity contribution in [1.82, 2.24) is 5.32 Å². The highest BCUT2D eigenvalue weighted by atomic mass is 16.7. The molecular formula is C11H19NO5. The van der Waals surface area contributed by atoms with Gasteiger partial charge in [-0.05, 0) is 26.7 Å². The third kappa shape index (κ3) is 3.98. The van der Waals surface area contributed by atoms with Crippen molar-refractivity contribution in [1.29, 1.82) is 0 Å². The van der Waals surface area contributed by atoms with E-state index in [9.17, 15) is 9.59 Å². The molecule has 1 heterocycles. The Morgan fingerprint density at radius 3 is 2.76 bits per heavy atom. The maximum Gasteiger partial charge on any atom is 0.408 e. The Morgan fingerprint density at radius 2 is 2.18 bits per heavy atom. The first kappa shape index (κ1) is 13.9. The molecule has 0 aromatic rings. The minimum Gasteiger partial charge on any atom is -0.444 e. The third-order valence-electron chi connectivity index (χ3n) is 2.68. The lowest BCUT2D eigenvalue weighted by atomic mass is 9.91. The number of ether oxygens (including phenoxy) is 3. The summed E-state index contributed by atoms with van der Waals surface area (Å²) in [4.78, 5) is 22.7. The van der Waals surface area contributed by atoms with Crippen molar-refractivity contribution < 1.29 is 23.8 Å². The molecule has 0 saturated carbocycles. The molecule has 0 radical (unpaired) electrons. The fraction of sp³-hybridized carbons (Fsp3) is 0.818. The Labute approximate surface area is 101 Å². The van der Waals surface area contributed by atoms with E-state index in [0.717, 1.165) is 0 Å². The SMILES string of the molecule is COCOCC1(C=O)CCC(C)(C)OC(=O)N1. The maximum absolute atomic E-state index is 11.5. The summed E-state index contributed by atoms with van der Waals surface area (Å²) in [6.07, 6.45) is 1.16. The number of aldehydes is 1. The summed E-state index contributed by atoms with van der Waals surface area (Å²) in [7, 11) is 1.49. The maximum atomic E-state index is 11.5. The lowest BCUT2D eigenvalue weighted by Crippen LogP contribution is -2.52. The molecular weight excluding hydrogens is 226 g/mol. The number of carbonyl (C=O) groups excluding carboxylic acids is 2. The molecule has 1 amide bonds. The molecule has 1 saturated heterocycles. The predicted octanol–water partition coefficient (Wildman–Crippen LogP) is 0.843. The zero-order valence-corrected chi connectivity index (χ0v) is 10.4. The molecule has 1 rings (SSSR count). The van der Waals surface area contributed by atoms with Crippen LogP contribution in [0.1, 0.15) is 26.7 Å². The van der Waals surface area contributed by atoms with Crippen LogP contribution in [0.25, 0.3) is 0 Å². The number of methoxy groups -OCH3 is 1. The van der Waals surface area contributed by atoms with Crippen LogP contribution in [0, 0.1) is 0 Å². The first-order chi connectivity index (χ1) is 7.93.